The first-order valence-electron chi connectivity index (χ1n) is 7.86. The van der Waals surface area contributed by atoms with E-state index in [9.17, 15) is 0 Å². The van der Waals surface area contributed by atoms with Gasteiger partial charge >= 0.3 is 0 Å². The summed E-state index contributed by atoms with van der Waals surface area (Å²) >= 11 is 0. The molecule has 22 heavy (non-hydrogen) atoms. The highest BCUT2D eigenvalue weighted by atomic mass is 16.7. The third-order valence-electron chi connectivity index (χ3n) is 3.90. The van der Waals surface area contributed by atoms with Crippen molar-refractivity contribution in [3.63, 3.8) is 0 Å². The van der Waals surface area contributed by atoms with Crippen molar-refractivity contribution < 1.29 is 9.47 Å². The first kappa shape index (κ1) is 15.1. The summed E-state index contributed by atoms with van der Waals surface area (Å²) in [6.07, 6.45) is 4.00. The van der Waals surface area contributed by atoms with Gasteiger partial charge in [0.2, 0.25) is 0 Å². The van der Waals surface area contributed by atoms with Crippen molar-refractivity contribution >= 4 is 0 Å². The lowest BCUT2D eigenvalue weighted by atomic mass is 10.2. The third kappa shape index (κ3) is 3.34. The standard InChI is InChI=1S/C16H22N4O2/c1-3-12-7-6-8-13(17-12)16-14(20(2)19-18-16)11-22-15-9-4-5-10-21-15/h6-8,15H,3-5,9-11H2,1-2H3. The zero-order chi connectivity index (χ0) is 15.4. The summed E-state index contributed by atoms with van der Waals surface area (Å²) in [7, 11) is 1.88. The predicted molar refractivity (Wildman–Crippen MR) is 82.0 cm³/mol. The molecular weight excluding hydrogens is 280 g/mol. The van der Waals surface area contributed by atoms with E-state index in [0.717, 1.165) is 55.1 Å². The molecule has 1 fully saturated rings. The van der Waals surface area contributed by atoms with Crippen molar-refractivity contribution in [2.75, 3.05) is 6.61 Å². The van der Waals surface area contributed by atoms with Gasteiger partial charge in [-0.2, -0.15) is 0 Å². The minimum atomic E-state index is -0.119. The lowest BCUT2D eigenvalue weighted by Gasteiger charge is -2.22. The molecule has 0 radical (unpaired) electrons. The SMILES string of the molecule is CCc1cccc(-c2nnn(C)c2COC2CCCCO2)n1. The Labute approximate surface area is 130 Å². The van der Waals surface area contributed by atoms with Crippen LogP contribution in [0.25, 0.3) is 11.4 Å². The summed E-state index contributed by atoms with van der Waals surface area (Å²) < 4.78 is 13.2. The molecule has 2 aromatic rings. The molecule has 118 valence electrons. The quantitative estimate of drug-likeness (QED) is 0.849. The van der Waals surface area contributed by atoms with Gasteiger partial charge in [0, 0.05) is 19.3 Å². The zero-order valence-electron chi connectivity index (χ0n) is 13.2. The summed E-state index contributed by atoms with van der Waals surface area (Å²) in [6, 6.07) is 5.99. The Morgan fingerprint density at radius 1 is 1.36 bits per heavy atom. The molecule has 1 atom stereocenters. The van der Waals surface area contributed by atoms with E-state index < -0.39 is 0 Å². The van der Waals surface area contributed by atoms with Gasteiger partial charge in [-0.1, -0.05) is 18.2 Å². The molecule has 0 spiro atoms. The Kier molecular flexibility index (Phi) is 4.80. The summed E-state index contributed by atoms with van der Waals surface area (Å²) in [6.45, 7) is 3.30. The first-order valence-corrected chi connectivity index (χ1v) is 7.86. The van der Waals surface area contributed by atoms with E-state index in [4.69, 9.17) is 9.47 Å². The Hall–Kier alpha value is -1.79. The molecule has 3 rings (SSSR count). The Morgan fingerprint density at radius 3 is 3.05 bits per heavy atom. The number of rotatable bonds is 5. The maximum atomic E-state index is 5.88. The molecule has 0 aliphatic carbocycles. The summed E-state index contributed by atoms with van der Waals surface area (Å²) in [5.74, 6) is 0. The third-order valence-corrected chi connectivity index (χ3v) is 3.90. The average Bonchev–Trinajstić information content (AvgIpc) is 2.95. The summed E-state index contributed by atoms with van der Waals surface area (Å²) in [4.78, 5) is 4.63. The minimum absolute atomic E-state index is 0.119. The average molecular weight is 302 g/mol. The Morgan fingerprint density at radius 2 is 2.27 bits per heavy atom. The molecular formula is C16H22N4O2. The highest BCUT2D eigenvalue weighted by molar-refractivity contribution is 5.56. The lowest BCUT2D eigenvalue weighted by Crippen LogP contribution is -2.22. The second kappa shape index (κ2) is 6.98. The lowest BCUT2D eigenvalue weighted by molar-refractivity contribution is -0.169. The van der Waals surface area contributed by atoms with Gasteiger partial charge in [-0.25, -0.2) is 4.68 Å². The fourth-order valence-corrected chi connectivity index (χ4v) is 2.56. The molecule has 6 heteroatoms. The monoisotopic (exact) mass is 302 g/mol. The van der Waals surface area contributed by atoms with Gasteiger partial charge in [-0.05, 0) is 37.8 Å². The molecule has 0 bridgehead atoms. The molecule has 1 aliphatic rings. The maximum absolute atomic E-state index is 5.88. The van der Waals surface area contributed by atoms with Gasteiger partial charge in [0.05, 0.1) is 18.0 Å². The second-order valence-electron chi connectivity index (χ2n) is 5.48. The van der Waals surface area contributed by atoms with Gasteiger partial charge in [0.1, 0.15) is 5.69 Å². The highest BCUT2D eigenvalue weighted by Crippen LogP contribution is 2.22. The van der Waals surface area contributed by atoms with Crippen molar-refractivity contribution in [2.24, 2.45) is 7.05 Å². The molecule has 1 unspecified atom stereocenters. The number of aryl methyl sites for hydroxylation is 2. The fourth-order valence-electron chi connectivity index (χ4n) is 2.56. The number of pyridine rings is 1. The van der Waals surface area contributed by atoms with E-state index in [1.54, 1.807) is 4.68 Å². The number of nitrogens with zero attached hydrogens (tertiary/aromatic N) is 4. The first-order chi connectivity index (χ1) is 10.8. The van der Waals surface area contributed by atoms with Crippen LogP contribution in [0, 0.1) is 0 Å². The van der Waals surface area contributed by atoms with Gasteiger partial charge in [-0.15, -0.1) is 5.10 Å². The second-order valence-corrected chi connectivity index (χ2v) is 5.48. The van der Waals surface area contributed by atoms with E-state index in [-0.39, 0.29) is 6.29 Å². The van der Waals surface area contributed by atoms with Gasteiger partial charge in [-0.3, -0.25) is 4.98 Å². The van der Waals surface area contributed by atoms with Crippen molar-refractivity contribution in [1.29, 1.82) is 0 Å². The van der Waals surface area contributed by atoms with Crippen LogP contribution < -0.4 is 0 Å². The molecule has 1 aliphatic heterocycles. The van der Waals surface area contributed by atoms with Crippen LogP contribution in [0.2, 0.25) is 0 Å². The molecule has 3 heterocycles. The van der Waals surface area contributed by atoms with E-state index >= 15 is 0 Å². The van der Waals surface area contributed by atoms with E-state index in [2.05, 4.69) is 22.2 Å². The number of aromatic nitrogens is 4. The minimum Gasteiger partial charge on any atom is -0.353 e. The number of hydrogen-bond acceptors (Lipinski definition) is 5. The van der Waals surface area contributed by atoms with Gasteiger partial charge in [0.15, 0.2) is 6.29 Å². The summed E-state index contributed by atoms with van der Waals surface area (Å²) in [5.41, 5.74) is 3.60. The van der Waals surface area contributed by atoms with Crippen molar-refractivity contribution in [3.8, 4) is 11.4 Å². The van der Waals surface area contributed by atoms with Crippen LogP contribution in [0.5, 0.6) is 0 Å². The predicted octanol–water partition coefficient (Wildman–Crippen LogP) is 2.48. The Bertz CT molecular complexity index is 620. The van der Waals surface area contributed by atoms with Gasteiger partial charge < -0.3 is 9.47 Å². The number of hydrogen-bond donors (Lipinski definition) is 0. The molecule has 0 aromatic carbocycles. The van der Waals surface area contributed by atoms with E-state index in [1.807, 2.05) is 25.2 Å². The Balaban J connectivity index is 1.77. The zero-order valence-corrected chi connectivity index (χ0v) is 13.2. The van der Waals surface area contributed by atoms with Crippen LogP contribution in [-0.4, -0.2) is 32.9 Å². The molecule has 6 nitrogen and oxygen atoms in total. The van der Waals surface area contributed by atoms with Crippen molar-refractivity contribution in [3.05, 3.63) is 29.6 Å². The van der Waals surface area contributed by atoms with E-state index in [1.165, 1.54) is 0 Å². The molecule has 0 N–H and O–H groups in total. The molecule has 1 saturated heterocycles. The van der Waals surface area contributed by atoms with Crippen LogP contribution in [0.15, 0.2) is 18.2 Å². The topological polar surface area (TPSA) is 62.1 Å². The van der Waals surface area contributed by atoms with Crippen molar-refractivity contribution in [2.45, 2.75) is 45.5 Å². The normalized spacial score (nSPS) is 18.5. The van der Waals surface area contributed by atoms with Crippen LogP contribution in [0.3, 0.4) is 0 Å². The molecule has 0 amide bonds. The van der Waals surface area contributed by atoms with Crippen LogP contribution in [0.4, 0.5) is 0 Å². The summed E-state index contributed by atoms with van der Waals surface area (Å²) in [5, 5.41) is 8.37. The largest absolute Gasteiger partial charge is 0.353 e. The highest BCUT2D eigenvalue weighted by Gasteiger charge is 2.19. The molecule has 0 saturated carbocycles. The van der Waals surface area contributed by atoms with Gasteiger partial charge in [0.25, 0.3) is 0 Å². The van der Waals surface area contributed by atoms with Crippen LogP contribution in [-0.2, 0) is 29.5 Å². The smallest absolute Gasteiger partial charge is 0.158 e. The fraction of sp³-hybridized carbons (Fsp3) is 0.562. The molecule has 2 aromatic heterocycles. The van der Waals surface area contributed by atoms with Crippen molar-refractivity contribution in [1.82, 2.24) is 20.0 Å². The maximum Gasteiger partial charge on any atom is 0.158 e. The number of ether oxygens (including phenoxy) is 2. The van der Waals surface area contributed by atoms with Crippen LogP contribution in [0.1, 0.15) is 37.6 Å². The van der Waals surface area contributed by atoms with Crippen LogP contribution >= 0.6 is 0 Å². The van der Waals surface area contributed by atoms with E-state index in [0.29, 0.717) is 6.61 Å².